The van der Waals surface area contributed by atoms with Gasteiger partial charge < -0.3 is 10.2 Å². The van der Waals surface area contributed by atoms with Crippen LogP contribution in [0.1, 0.15) is 36.5 Å². The highest BCUT2D eigenvalue weighted by molar-refractivity contribution is 7.92. The van der Waals surface area contributed by atoms with Crippen LogP contribution in [0.4, 0.5) is 5.69 Å². The zero-order valence-electron chi connectivity index (χ0n) is 24.5. The average Bonchev–Trinajstić information content (AvgIpc) is 3.02. The number of hydrogen-bond donors (Lipinski definition) is 1. The molecule has 0 radical (unpaired) electrons. The molecule has 4 aromatic rings. The Balaban J connectivity index is 1.79. The molecule has 0 unspecified atom stereocenters. The smallest absolute Gasteiger partial charge is 0.264 e. The topological polar surface area (TPSA) is 86.8 Å². The fourth-order valence-electron chi connectivity index (χ4n) is 4.83. The largest absolute Gasteiger partial charge is 0.357 e. The van der Waals surface area contributed by atoms with E-state index in [9.17, 15) is 18.0 Å². The zero-order chi connectivity index (χ0) is 31.0. The Labute approximate surface area is 259 Å². The number of amides is 2. The maximum Gasteiger partial charge on any atom is 0.264 e. The molecule has 43 heavy (non-hydrogen) atoms. The Morgan fingerprint density at radius 1 is 0.814 bits per heavy atom. The molecule has 224 valence electrons. The maximum absolute atomic E-state index is 14.3. The fourth-order valence-corrected chi connectivity index (χ4v) is 6.47. The second kappa shape index (κ2) is 14.4. The van der Waals surface area contributed by atoms with Crippen molar-refractivity contribution in [1.82, 2.24) is 10.2 Å². The number of nitrogens with zero attached hydrogens (tertiary/aromatic N) is 2. The third-order valence-corrected chi connectivity index (χ3v) is 9.24. The van der Waals surface area contributed by atoms with Gasteiger partial charge in [0.25, 0.3) is 10.0 Å². The van der Waals surface area contributed by atoms with Crippen molar-refractivity contribution in [2.45, 2.75) is 43.7 Å². The van der Waals surface area contributed by atoms with Crippen molar-refractivity contribution < 1.29 is 18.0 Å². The maximum atomic E-state index is 14.3. The minimum atomic E-state index is -4.14. The van der Waals surface area contributed by atoms with E-state index in [1.165, 1.54) is 24.1 Å². The van der Waals surface area contributed by atoms with E-state index in [1.54, 1.807) is 48.5 Å². The third kappa shape index (κ3) is 8.03. The first-order valence-electron chi connectivity index (χ1n) is 14.1. The van der Waals surface area contributed by atoms with Crippen LogP contribution in [0.5, 0.6) is 0 Å². The number of nitrogens with one attached hydrogen (secondary N) is 1. The summed E-state index contributed by atoms with van der Waals surface area (Å²) in [6, 6.07) is 30.7. The second-order valence-electron chi connectivity index (χ2n) is 10.5. The van der Waals surface area contributed by atoms with Crippen LogP contribution in [0.2, 0.25) is 5.02 Å². The molecule has 0 aromatic heterocycles. The quantitative estimate of drug-likeness (QED) is 0.210. The average molecular weight is 618 g/mol. The third-order valence-electron chi connectivity index (χ3n) is 7.22. The van der Waals surface area contributed by atoms with E-state index in [-0.39, 0.29) is 29.7 Å². The molecule has 1 N–H and O–H groups in total. The molecule has 0 bridgehead atoms. The number of halogens is 1. The van der Waals surface area contributed by atoms with Gasteiger partial charge in [0.15, 0.2) is 0 Å². The van der Waals surface area contributed by atoms with Crippen LogP contribution in [0.3, 0.4) is 0 Å². The molecular weight excluding hydrogens is 582 g/mol. The van der Waals surface area contributed by atoms with Crippen molar-refractivity contribution in [2.24, 2.45) is 0 Å². The molecule has 4 aromatic carbocycles. The van der Waals surface area contributed by atoms with Crippen LogP contribution in [0, 0.1) is 0 Å². The number of rotatable bonds is 12. The van der Waals surface area contributed by atoms with Crippen LogP contribution in [0.25, 0.3) is 0 Å². The SMILES string of the molecule is CNC(=O)[C@@H](Cc1ccccc1)N(Cc1cccc(Cl)c1)C(=O)CN(c1ccc(C(C)C)cc1)S(=O)(=O)c1ccccc1. The van der Waals surface area contributed by atoms with E-state index in [4.69, 9.17) is 11.6 Å². The summed E-state index contributed by atoms with van der Waals surface area (Å²) in [5, 5.41) is 3.17. The van der Waals surface area contributed by atoms with Gasteiger partial charge in [-0.05, 0) is 59.0 Å². The monoisotopic (exact) mass is 617 g/mol. The summed E-state index contributed by atoms with van der Waals surface area (Å²) >= 11 is 6.26. The predicted molar refractivity (Wildman–Crippen MR) is 172 cm³/mol. The molecule has 7 nitrogen and oxygen atoms in total. The van der Waals surface area contributed by atoms with Gasteiger partial charge in [-0.2, -0.15) is 0 Å². The summed E-state index contributed by atoms with van der Waals surface area (Å²) in [6.07, 6.45) is 0.237. The summed E-state index contributed by atoms with van der Waals surface area (Å²) in [6.45, 7) is 3.64. The van der Waals surface area contributed by atoms with E-state index >= 15 is 0 Å². The van der Waals surface area contributed by atoms with E-state index in [1.807, 2.05) is 48.5 Å². The molecule has 0 saturated heterocycles. The van der Waals surface area contributed by atoms with Crippen molar-refractivity contribution in [3.05, 3.63) is 131 Å². The molecule has 0 aliphatic heterocycles. The van der Waals surface area contributed by atoms with Gasteiger partial charge in [0, 0.05) is 25.0 Å². The number of carbonyl (C=O) groups is 2. The Bertz CT molecular complexity index is 1630. The van der Waals surface area contributed by atoms with Gasteiger partial charge in [0.1, 0.15) is 12.6 Å². The second-order valence-corrected chi connectivity index (χ2v) is 12.8. The van der Waals surface area contributed by atoms with Crippen LogP contribution < -0.4 is 9.62 Å². The molecule has 0 fully saturated rings. The fraction of sp³-hybridized carbons (Fsp3) is 0.235. The van der Waals surface area contributed by atoms with Crippen LogP contribution in [-0.2, 0) is 32.6 Å². The van der Waals surface area contributed by atoms with Gasteiger partial charge in [-0.15, -0.1) is 0 Å². The zero-order valence-corrected chi connectivity index (χ0v) is 26.1. The molecule has 0 spiro atoms. The van der Waals surface area contributed by atoms with Gasteiger partial charge in [0.2, 0.25) is 11.8 Å². The van der Waals surface area contributed by atoms with Gasteiger partial charge in [-0.25, -0.2) is 8.42 Å². The lowest BCUT2D eigenvalue weighted by Crippen LogP contribution is -2.53. The Kier molecular flexibility index (Phi) is 10.6. The van der Waals surface area contributed by atoms with Crippen LogP contribution in [0.15, 0.2) is 114 Å². The first kappa shape index (κ1) is 31.8. The van der Waals surface area contributed by atoms with Crippen molar-refractivity contribution in [1.29, 1.82) is 0 Å². The Morgan fingerprint density at radius 3 is 2.00 bits per heavy atom. The number of hydrogen-bond acceptors (Lipinski definition) is 4. The number of sulfonamides is 1. The molecule has 0 aliphatic carbocycles. The van der Waals surface area contributed by atoms with Crippen molar-refractivity contribution in [3.63, 3.8) is 0 Å². The lowest BCUT2D eigenvalue weighted by Gasteiger charge is -2.33. The van der Waals surface area contributed by atoms with Crippen LogP contribution in [-0.4, -0.2) is 44.8 Å². The highest BCUT2D eigenvalue weighted by atomic mass is 35.5. The van der Waals surface area contributed by atoms with Gasteiger partial charge >= 0.3 is 0 Å². The lowest BCUT2D eigenvalue weighted by molar-refractivity contribution is -0.139. The predicted octanol–water partition coefficient (Wildman–Crippen LogP) is 6.04. The summed E-state index contributed by atoms with van der Waals surface area (Å²) in [4.78, 5) is 29.2. The van der Waals surface area contributed by atoms with Crippen LogP contribution >= 0.6 is 11.6 Å². The van der Waals surface area contributed by atoms with Gasteiger partial charge in [-0.1, -0.05) is 98.2 Å². The lowest BCUT2D eigenvalue weighted by atomic mass is 10.0. The van der Waals surface area contributed by atoms with E-state index < -0.39 is 28.5 Å². The molecule has 0 saturated carbocycles. The van der Waals surface area contributed by atoms with Gasteiger partial charge in [-0.3, -0.25) is 13.9 Å². The van der Waals surface area contributed by atoms with E-state index in [2.05, 4.69) is 19.2 Å². The summed E-state index contributed by atoms with van der Waals surface area (Å²) < 4.78 is 29.2. The van der Waals surface area contributed by atoms with Crippen molar-refractivity contribution in [2.75, 3.05) is 17.9 Å². The molecule has 1 atom stereocenters. The first-order chi connectivity index (χ1) is 20.6. The number of carbonyl (C=O) groups excluding carboxylic acids is 2. The molecule has 0 aliphatic rings. The number of anilines is 1. The van der Waals surface area contributed by atoms with Crippen molar-refractivity contribution in [3.8, 4) is 0 Å². The Hall–Kier alpha value is -4.14. The minimum absolute atomic E-state index is 0.0514. The van der Waals surface area contributed by atoms with E-state index in [0.717, 1.165) is 15.4 Å². The molecule has 4 rings (SSSR count). The minimum Gasteiger partial charge on any atom is -0.357 e. The molecule has 9 heteroatoms. The van der Waals surface area contributed by atoms with Gasteiger partial charge in [0.05, 0.1) is 10.6 Å². The first-order valence-corrected chi connectivity index (χ1v) is 15.9. The molecular formula is C34H36ClN3O4S. The molecule has 2 amide bonds. The highest BCUT2D eigenvalue weighted by Gasteiger charge is 2.34. The highest BCUT2D eigenvalue weighted by Crippen LogP contribution is 2.27. The Morgan fingerprint density at radius 2 is 1.42 bits per heavy atom. The van der Waals surface area contributed by atoms with Crippen molar-refractivity contribution >= 4 is 39.1 Å². The standard InChI is InChI=1S/C34H36ClN3O4S/c1-25(2)28-17-19-30(20-18-28)38(43(41,42)31-15-8-5-9-16-31)24-33(39)37(23-27-13-10-14-29(35)21-27)32(34(40)36-3)22-26-11-6-4-7-12-26/h4-21,25,32H,22-24H2,1-3H3,(H,36,40)/t32-/m1/s1. The summed E-state index contributed by atoms with van der Waals surface area (Å²) in [5.41, 5.74) is 2.96. The number of likely N-dealkylation sites (N-methyl/N-ethyl adjacent to an activating group) is 1. The number of benzene rings is 4. The summed E-state index contributed by atoms with van der Waals surface area (Å²) in [5.74, 6) is -0.649. The normalized spacial score (nSPS) is 12.0. The van der Waals surface area contributed by atoms with E-state index in [0.29, 0.717) is 16.3 Å². The summed E-state index contributed by atoms with van der Waals surface area (Å²) in [7, 11) is -2.62. The molecule has 0 heterocycles.